The molecule has 1 saturated heterocycles. The summed E-state index contributed by atoms with van der Waals surface area (Å²) in [5.41, 5.74) is 4.81. The van der Waals surface area contributed by atoms with Gasteiger partial charge >= 0.3 is 0 Å². The van der Waals surface area contributed by atoms with Gasteiger partial charge in [0.15, 0.2) is 0 Å². The molecule has 1 aromatic carbocycles. The van der Waals surface area contributed by atoms with Crippen LogP contribution in [0.1, 0.15) is 36.0 Å². The molecule has 1 fully saturated rings. The van der Waals surface area contributed by atoms with Gasteiger partial charge in [-0.2, -0.15) is 0 Å². The molecule has 0 radical (unpaired) electrons. The summed E-state index contributed by atoms with van der Waals surface area (Å²) < 4.78 is 0. The highest BCUT2D eigenvalue weighted by atomic mass is 16.1. The minimum Gasteiger partial charge on any atom is -0.325 e. The molecule has 3 rings (SSSR count). The van der Waals surface area contributed by atoms with Crippen molar-refractivity contribution in [1.29, 1.82) is 0 Å². The van der Waals surface area contributed by atoms with E-state index in [2.05, 4.69) is 29.7 Å². The normalized spacial score (nSPS) is 22.7. The van der Waals surface area contributed by atoms with E-state index in [1.165, 1.54) is 36.0 Å². The Bertz CT molecular complexity index is 476. The van der Waals surface area contributed by atoms with E-state index in [9.17, 15) is 4.79 Å². The van der Waals surface area contributed by atoms with Crippen LogP contribution in [0, 0.1) is 6.92 Å². The van der Waals surface area contributed by atoms with Gasteiger partial charge in [-0.25, -0.2) is 0 Å². The SMILES string of the molecule is Cc1cc2c(c(CC3CCCCN3)c1)NC(=O)C2. The van der Waals surface area contributed by atoms with Gasteiger partial charge in [-0.3, -0.25) is 4.79 Å². The number of aryl methyl sites for hydroxylation is 1. The molecule has 0 saturated carbocycles. The quantitative estimate of drug-likeness (QED) is 0.837. The Hall–Kier alpha value is -1.35. The summed E-state index contributed by atoms with van der Waals surface area (Å²) >= 11 is 0. The Morgan fingerprint density at radius 3 is 3.00 bits per heavy atom. The first kappa shape index (κ1) is 11.7. The summed E-state index contributed by atoms with van der Waals surface area (Å²) in [6, 6.07) is 4.92. The number of rotatable bonds is 2. The number of piperidine rings is 1. The van der Waals surface area contributed by atoms with Crippen molar-refractivity contribution in [2.45, 2.75) is 45.1 Å². The summed E-state index contributed by atoms with van der Waals surface area (Å²) in [6.07, 6.45) is 5.43. The van der Waals surface area contributed by atoms with E-state index in [0.29, 0.717) is 12.5 Å². The summed E-state index contributed by atoms with van der Waals surface area (Å²) in [6.45, 7) is 3.24. The van der Waals surface area contributed by atoms with Gasteiger partial charge < -0.3 is 10.6 Å². The molecule has 1 aromatic rings. The monoisotopic (exact) mass is 244 g/mol. The fraction of sp³-hybridized carbons (Fsp3) is 0.533. The summed E-state index contributed by atoms with van der Waals surface area (Å²) in [5, 5.41) is 6.59. The summed E-state index contributed by atoms with van der Waals surface area (Å²) in [4.78, 5) is 11.5. The van der Waals surface area contributed by atoms with Gasteiger partial charge in [0.25, 0.3) is 0 Å². The van der Waals surface area contributed by atoms with Crippen molar-refractivity contribution in [1.82, 2.24) is 5.32 Å². The topological polar surface area (TPSA) is 41.1 Å². The van der Waals surface area contributed by atoms with E-state index < -0.39 is 0 Å². The van der Waals surface area contributed by atoms with Crippen molar-refractivity contribution in [3.8, 4) is 0 Å². The van der Waals surface area contributed by atoms with Crippen LogP contribution < -0.4 is 10.6 Å². The van der Waals surface area contributed by atoms with E-state index in [4.69, 9.17) is 0 Å². The van der Waals surface area contributed by atoms with Crippen LogP contribution in [-0.2, 0) is 17.6 Å². The van der Waals surface area contributed by atoms with Gasteiger partial charge in [0.05, 0.1) is 6.42 Å². The maximum absolute atomic E-state index is 11.5. The van der Waals surface area contributed by atoms with Crippen LogP contribution in [0.15, 0.2) is 12.1 Å². The molecule has 2 aliphatic heterocycles. The van der Waals surface area contributed by atoms with Gasteiger partial charge in [-0.1, -0.05) is 24.1 Å². The molecule has 96 valence electrons. The van der Waals surface area contributed by atoms with Crippen molar-refractivity contribution in [2.24, 2.45) is 0 Å². The molecule has 0 aromatic heterocycles. The first-order chi connectivity index (χ1) is 8.72. The lowest BCUT2D eigenvalue weighted by atomic mass is 9.94. The highest BCUT2D eigenvalue weighted by Crippen LogP contribution is 2.30. The lowest BCUT2D eigenvalue weighted by Crippen LogP contribution is -2.35. The summed E-state index contributed by atoms with van der Waals surface area (Å²) in [5.74, 6) is 0.133. The van der Waals surface area contributed by atoms with Crippen LogP contribution in [-0.4, -0.2) is 18.5 Å². The smallest absolute Gasteiger partial charge is 0.228 e. The van der Waals surface area contributed by atoms with Gasteiger partial charge in [-0.05, 0) is 43.9 Å². The van der Waals surface area contributed by atoms with Crippen molar-refractivity contribution in [2.75, 3.05) is 11.9 Å². The number of carbonyl (C=O) groups excluding carboxylic acids is 1. The third-order valence-electron chi connectivity index (χ3n) is 3.94. The Labute approximate surface area is 108 Å². The number of fused-ring (bicyclic) bond motifs is 1. The Kier molecular flexibility index (Phi) is 3.08. The number of benzene rings is 1. The van der Waals surface area contributed by atoms with Gasteiger partial charge in [0.1, 0.15) is 0 Å². The van der Waals surface area contributed by atoms with Crippen molar-refractivity contribution < 1.29 is 4.79 Å². The number of nitrogens with one attached hydrogen (secondary N) is 2. The van der Waals surface area contributed by atoms with Crippen LogP contribution in [0.2, 0.25) is 0 Å². The van der Waals surface area contributed by atoms with E-state index in [1.807, 2.05) is 0 Å². The second kappa shape index (κ2) is 4.73. The minimum absolute atomic E-state index is 0.133. The number of amides is 1. The zero-order chi connectivity index (χ0) is 12.5. The maximum Gasteiger partial charge on any atom is 0.228 e. The van der Waals surface area contributed by atoms with Crippen LogP contribution in [0.25, 0.3) is 0 Å². The predicted molar refractivity (Wildman–Crippen MR) is 72.9 cm³/mol. The lowest BCUT2D eigenvalue weighted by Gasteiger charge is -2.24. The fourth-order valence-electron chi connectivity index (χ4n) is 3.12. The van der Waals surface area contributed by atoms with Crippen molar-refractivity contribution in [3.05, 3.63) is 28.8 Å². The lowest BCUT2D eigenvalue weighted by molar-refractivity contribution is -0.115. The van der Waals surface area contributed by atoms with Crippen molar-refractivity contribution >= 4 is 11.6 Å². The molecule has 0 spiro atoms. The molecule has 2 N–H and O–H groups in total. The molecular formula is C15H20N2O. The first-order valence-electron chi connectivity index (χ1n) is 6.88. The molecule has 18 heavy (non-hydrogen) atoms. The second-order valence-corrected chi connectivity index (χ2v) is 5.53. The van der Waals surface area contributed by atoms with Crippen molar-refractivity contribution in [3.63, 3.8) is 0 Å². The Morgan fingerprint density at radius 1 is 1.33 bits per heavy atom. The second-order valence-electron chi connectivity index (χ2n) is 5.53. The maximum atomic E-state index is 11.5. The van der Waals surface area contributed by atoms with E-state index in [0.717, 1.165) is 18.7 Å². The molecule has 0 aliphatic carbocycles. The molecular weight excluding hydrogens is 224 g/mol. The highest BCUT2D eigenvalue weighted by molar-refractivity contribution is 6.00. The standard InChI is InChI=1S/C15H20N2O/c1-10-6-11(8-13-4-2-3-5-16-13)15-12(7-10)9-14(18)17-15/h6-7,13,16H,2-5,8-9H2,1H3,(H,17,18). The zero-order valence-corrected chi connectivity index (χ0v) is 10.9. The number of carbonyl (C=O) groups is 1. The Morgan fingerprint density at radius 2 is 2.22 bits per heavy atom. The average molecular weight is 244 g/mol. The van der Waals surface area contributed by atoms with Crippen LogP contribution in [0.3, 0.4) is 0 Å². The largest absolute Gasteiger partial charge is 0.325 e. The molecule has 2 aliphatic rings. The van der Waals surface area contributed by atoms with E-state index >= 15 is 0 Å². The zero-order valence-electron chi connectivity index (χ0n) is 10.9. The molecule has 2 heterocycles. The van der Waals surface area contributed by atoms with Gasteiger partial charge in [0.2, 0.25) is 5.91 Å². The molecule has 0 bridgehead atoms. The molecule has 1 atom stereocenters. The summed E-state index contributed by atoms with van der Waals surface area (Å²) in [7, 11) is 0. The van der Waals surface area contributed by atoms with Gasteiger partial charge in [-0.15, -0.1) is 0 Å². The van der Waals surface area contributed by atoms with Gasteiger partial charge in [0, 0.05) is 11.7 Å². The van der Waals surface area contributed by atoms with Crippen LogP contribution in [0.4, 0.5) is 5.69 Å². The first-order valence-corrected chi connectivity index (χ1v) is 6.88. The third-order valence-corrected chi connectivity index (χ3v) is 3.94. The Balaban J connectivity index is 1.85. The van der Waals surface area contributed by atoms with Crippen LogP contribution in [0.5, 0.6) is 0 Å². The van der Waals surface area contributed by atoms with Crippen LogP contribution >= 0.6 is 0 Å². The highest BCUT2D eigenvalue weighted by Gasteiger charge is 2.23. The molecule has 3 heteroatoms. The van der Waals surface area contributed by atoms with E-state index in [-0.39, 0.29) is 5.91 Å². The molecule has 1 unspecified atom stereocenters. The number of hydrogen-bond donors (Lipinski definition) is 2. The van der Waals surface area contributed by atoms with E-state index in [1.54, 1.807) is 0 Å². The average Bonchev–Trinajstić information content (AvgIpc) is 2.71. The predicted octanol–water partition coefficient (Wildman–Crippen LogP) is 2.17. The number of hydrogen-bond acceptors (Lipinski definition) is 2. The minimum atomic E-state index is 0.133. The molecule has 3 nitrogen and oxygen atoms in total. The number of anilines is 1. The molecule has 1 amide bonds. The third kappa shape index (κ3) is 2.27. The fourth-order valence-corrected chi connectivity index (χ4v) is 3.12.